The van der Waals surface area contributed by atoms with Crippen LogP contribution in [-0.2, 0) is 14.3 Å². The average Bonchev–Trinajstić information content (AvgIpc) is 1.99. The third-order valence-electron chi connectivity index (χ3n) is 1.37. The summed E-state index contributed by atoms with van der Waals surface area (Å²) in [5.41, 5.74) is -0.497. The molecule has 3 heteroatoms. The maximum Gasteiger partial charge on any atom is 0.311 e. The molecule has 0 heterocycles. The van der Waals surface area contributed by atoms with E-state index in [1.807, 2.05) is 0 Å². The zero-order valence-electron chi connectivity index (χ0n) is 8.53. The van der Waals surface area contributed by atoms with E-state index in [1.165, 1.54) is 12.2 Å². The Labute approximate surface area is 78.8 Å². The van der Waals surface area contributed by atoms with Crippen LogP contribution in [-0.4, -0.2) is 18.4 Å². The van der Waals surface area contributed by atoms with Gasteiger partial charge in [0.2, 0.25) is 0 Å². The minimum absolute atomic E-state index is 0.268. The van der Waals surface area contributed by atoms with Gasteiger partial charge in [-0.05, 0) is 39.8 Å². The van der Waals surface area contributed by atoms with Crippen LogP contribution in [0.5, 0.6) is 0 Å². The van der Waals surface area contributed by atoms with E-state index in [9.17, 15) is 9.59 Å². The number of allylic oxidation sites excluding steroid dienone is 1. The lowest BCUT2D eigenvalue weighted by Gasteiger charge is -2.18. The molecule has 1 atom stereocenters. The Hall–Kier alpha value is -1.12. The van der Waals surface area contributed by atoms with Gasteiger partial charge in [0.25, 0.3) is 0 Å². The van der Waals surface area contributed by atoms with E-state index < -0.39 is 5.41 Å². The summed E-state index contributed by atoms with van der Waals surface area (Å²) in [5, 5.41) is 0. The second-order valence-corrected chi connectivity index (χ2v) is 3.88. The summed E-state index contributed by atoms with van der Waals surface area (Å²) in [6, 6.07) is 0. The summed E-state index contributed by atoms with van der Waals surface area (Å²) in [6.07, 6.45) is 3.16. The van der Waals surface area contributed by atoms with Gasteiger partial charge in [0.05, 0.1) is 5.41 Å². The summed E-state index contributed by atoms with van der Waals surface area (Å²) >= 11 is 0. The van der Waals surface area contributed by atoms with Crippen molar-refractivity contribution in [3.05, 3.63) is 12.2 Å². The van der Waals surface area contributed by atoms with Crippen LogP contribution in [0.4, 0.5) is 0 Å². The van der Waals surface area contributed by atoms with Gasteiger partial charge in [-0.2, -0.15) is 0 Å². The number of hydrogen-bond acceptors (Lipinski definition) is 3. The predicted molar refractivity (Wildman–Crippen MR) is 50.2 cm³/mol. The molecule has 0 aromatic carbocycles. The van der Waals surface area contributed by atoms with E-state index in [0.717, 1.165) is 0 Å². The topological polar surface area (TPSA) is 43.4 Å². The van der Waals surface area contributed by atoms with Gasteiger partial charge < -0.3 is 4.74 Å². The number of ether oxygens (including phenoxy) is 1. The molecular weight excluding hydrogens is 168 g/mol. The molecule has 0 fully saturated rings. The largest absolute Gasteiger partial charge is 0.458 e. The van der Waals surface area contributed by atoms with Crippen LogP contribution < -0.4 is 0 Å². The standard InChI is InChI=1S/C10H16O3/c1-8(6-5-7-11)13-9(12)10(2,3)4/h5-8H,1-4H3. The van der Waals surface area contributed by atoms with Crippen molar-refractivity contribution >= 4 is 12.3 Å². The number of carbonyl (C=O) groups excluding carboxylic acids is 2. The molecule has 0 rings (SSSR count). The number of rotatable bonds is 3. The number of aldehydes is 1. The summed E-state index contributed by atoms with van der Waals surface area (Å²) in [5.74, 6) is -0.268. The molecule has 13 heavy (non-hydrogen) atoms. The number of esters is 1. The molecule has 3 nitrogen and oxygen atoms in total. The summed E-state index contributed by atoms with van der Waals surface area (Å²) in [6.45, 7) is 7.06. The smallest absolute Gasteiger partial charge is 0.311 e. The van der Waals surface area contributed by atoms with E-state index in [1.54, 1.807) is 27.7 Å². The molecule has 0 N–H and O–H groups in total. The van der Waals surface area contributed by atoms with Gasteiger partial charge in [-0.15, -0.1) is 0 Å². The molecule has 0 aliphatic rings. The molecule has 0 radical (unpaired) electrons. The number of carbonyl (C=O) groups is 2. The lowest BCUT2D eigenvalue weighted by molar-refractivity contribution is -0.155. The van der Waals surface area contributed by atoms with Crippen molar-refractivity contribution in [1.82, 2.24) is 0 Å². The molecule has 0 saturated carbocycles. The second kappa shape index (κ2) is 4.80. The molecule has 0 aliphatic carbocycles. The third kappa shape index (κ3) is 5.17. The fourth-order valence-electron chi connectivity index (χ4n) is 0.587. The highest BCUT2D eigenvalue weighted by atomic mass is 16.5. The van der Waals surface area contributed by atoms with E-state index in [4.69, 9.17) is 4.74 Å². The Kier molecular flexibility index (Phi) is 4.38. The average molecular weight is 184 g/mol. The quantitative estimate of drug-likeness (QED) is 0.381. The van der Waals surface area contributed by atoms with Gasteiger partial charge in [0.1, 0.15) is 12.4 Å². The molecule has 0 aliphatic heterocycles. The zero-order valence-corrected chi connectivity index (χ0v) is 8.53. The van der Waals surface area contributed by atoms with Crippen molar-refractivity contribution in [3.63, 3.8) is 0 Å². The Morgan fingerprint density at radius 1 is 1.38 bits per heavy atom. The van der Waals surface area contributed by atoms with E-state index in [0.29, 0.717) is 6.29 Å². The first kappa shape index (κ1) is 11.9. The third-order valence-corrected chi connectivity index (χ3v) is 1.37. The molecule has 0 spiro atoms. The Morgan fingerprint density at radius 3 is 2.31 bits per heavy atom. The van der Waals surface area contributed by atoms with E-state index >= 15 is 0 Å². The van der Waals surface area contributed by atoms with E-state index in [2.05, 4.69) is 0 Å². The van der Waals surface area contributed by atoms with Crippen molar-refractivity contribution in [2.45, 2.75) is 33.8 Å². The molecule has 1 unspecified atom stereocenters. The van der Waals surface area contributed by atoms with Crippen molar-refractivity contribution in [3.8, 4) is 0 Å². The normalized spacial score (nSPS) is 14.2. The molecule has 0 bridgehead atoms. The van der Waals surface area contributed by atoms with Gasteiger partial charge in [-0.1, -0.05) is 0 Å². The Balaban J connectivity index is 4.07. The van der Waals surface area contributed by atoms with Crippen molar-refractivity contribution in [1.29, 1.82) is 0 Å². The van der Waals surface area contributed by atoms with Crippen LogP contribution in [0, 0.1) is 5.41 Å². The van der Waals surface area contributed by atoms with Gasteiger partial charge in [-0.25, -0.2) is 0 Å². The van der Waals surface area contributed by atoms with Gasteiger partial charge >= 0.3 is 5.97 Å². The van der Waals surface area contributed by atoms with Crippen LogP contribution in [0.15, 0.2) is 12.2 Å². The summed E-state index contributed by atoms with van der Waals surface area (Å²) < 4.78 is 5.03. The minimum atomic E-state index is -0.497. The summed E-state index contributed by atoms with van der Waals surface area (Å²) in [7, 11) is 0. The first-order valence-electron chi connectivity index (χ1n) is 4.21. The minimum Gasteiger partial charge on any atom is -0.458 e. The monoisotopic (exact) mass is 184 g/mol. The first-order valence-corrected chi connectivity index (χ1v) is 4.21. The van der Waals surface area contributed by atoms with Gasteiger partial charge in [0, 0.05) is 0 Å². The Bertz CT molecular complexity index is 211. The fourth-order valence-corrected chi connectivity index (χ4v) is 0.587. The van der Waals surface area contributed by atoms with E-state index in [-0.39, 0.29) is 12.1 Å². The first-order chi connectivity index (χ1) is 5.88. The molecular formula is C10H16O3. The van der Waals surface area contributed by atoms with Crippen LogP contribution in [0.1, 0.15) is 27.7 Å². The summed E-state index contributed by atoms with van der Waals surface area (Å²) in [4.78, 5) is 21.3. The van der Waals surface area contributed by atoms with Crippen LogP contribution in [0.3, 0.4) is 0 Å². The number of hydrogen-bond donors (Lipinski definition) is 0. The highest BCUT2D eigenvalue weighted by Gasteiger charge is 2.23. The van der Waals surface area contributed by atoms with Crippen molar-refractivity contribution in [2.75, 3.05) is 0 Å². The maximum absolute atomic E-state index is 11.3. The fraction of sp³-hybridized carbons (Fsp3) is 0.600. The van der Waals surface area contributed by atoms with Crippen LogP contribution in [0.2, 0.25) is 0 Å². The second-order valence-electron chi connectivity index (χ2n) is 3.88. The SMILES string of the molecule is CC(C=CC=O)OC(=O)C(C)(C)C. The van der Waals surface area contributed by atoms with Gasteiger partial charge in [-0.3, -0.25) is 9.59 Å². The predicted octanol–water partition coefficient (Wildman–Crippen LogP) is 1.72. The zero-order chi connectivity index (χ0) is 10.5. The lowest BCUT2D eigenvalue weighted by atomic mass is 9.97. The van der Waals surface area contributed by atoms with Crippen molar-refractivity contribution in [2.24, 2.45) is 5.41 Å². The molecule has 0 aromatic heterocycles. The Morgan fingerprint density at radius 2 is 1.92 bits per heavy atom. The van der Waals surface area contributed by atoms with Crippen LogP contribution >= 0.6 is 0 Å². The molecule has 0 aromatic rings. The highest BCUT2D eigenvalue weighted by molar-refractivity contribution is 5.75. The molecule has 0 amide bonds. The lowest BCUT2D eigenvalue weighted by Crippen LogP contribution is -2.26. The maximum atomic E-state index is 11.3. The van der Waals surface area contributed by atoms with Crippen LogP contribution in [0.25, 0.3) is 0 Å². The van der Waals surface area contributed by atoms with Crippen molar-refractivity contribution < 1.29 is 14.3 Å². The van der Waals surface area contributed by atoms with Gasteiger partial charge in [0.15, 0.2) is 0 Å². The highest BCUT2D eigenvalue weighted by Crippen LogP contribution is 2.16. The molecule has 74 valence electrons. The molecule has 0 saturated heterocycles.